The van der Waals surface area contributed by atoms with Crippen molar-refractivity contribution in [2.24, 2.45) is 4.99 Å². The third-order valence-corrected chi connectivity index (χ3v) is 1.35. The van der Waals surface area contributed by atoms with Crippen LogP contribution in [0.15, 0.2) is 23.2 Å². The van der Waals surface area contributed by atoms with Crippen LogP contribution in [0.4, 0.5) is 11.4 Å². The molecule has 0 aliphatic rings. The first-order chi connectivity index (χ1) is 6.74. The number of benzene rings is 1. The zero-order valence-electron chi connectivity index (χ0n) is 9.96. The van der Waals surface area contributed by atoms with Gasteiger partial charge in [0.05, 0.1) is 11.4 Å². The standard InChI is InChI=1S/C8H10N2.2C2H6/c1-6-3-4-8(10-2)7(9)5-6;2*1-2/h3-5H,2,9H2,1H3;2*1-2H3. The second-order valence-corrected chi connectivity index (χ2v) is 2.22. The smallest absolute Gasteiger partial charge is 0.0851 e. The molecule has 0 unspecified atom stereocenters. The molecule has 1 rings (SSSR count). The van der Waals surface area contributed by atoms with Gasteiger partial charge < -0.3 is 5.73 Å². The van der Waals surface area contributed by atoms with Crippen molar-refractivity contribution in [3.8, 4) is 0 Å². The van der Waals surface area contributed by atoms with Gasteiger partial charge in [-0.25, -0.2) is 0 Å². The molecule has 0 saturated heterocycles. The minimum Gasteiger partial charge on any atom is -0.397 e. The van der Waals surface area contributed by atoms with Gasteiger partial charge in [-0.1, -0.05) is 33.8 Å². The van der Waals surface area contributed by atoms with Crippen LogP contribution in [-0.4, -0.2) is 6.72 Å². The topological polar surface area (TPSA) is 38.4 Å². The average Bonchev–Trinajstić information content (AvgIpc) is 2.24. The third kappa shape index (κ3) is 5.36. The number of nitrogens with zero attached hydrogens (tertiary/aromatic N) is 1. The maximum atomic E-state index is 5.60. The van der Waals surface area contributed by atoms with Gasteiger partial charge in [-0.15, -0.1) is 0 Å². The molecule has 0 bridgehead atoms. The average molecular weight is 194 g/mol. The molecule has 0 spiro atoms. The van der Waals surface area contributed by atoms with Crippen LogP contribution in [0.5, 0.6) is 0 Å². The van der Waals surface area contributed by atoms with Crippen molar-refractivity contribution in [1.29, 1.82) is 0 Å². The summed E-state index contributed by atoms with van der Waals surface area (Å²) in [5.74, 6) is 0. The first-order valence-electron chi connectivity index (χ1n) is 5.07. The van der Waals surface area contributed by atoms with Crippen LogP contribution in [0, 0.1) is 6.92 Å². The number of nitrogen functional groups attached to an aromatic ring is 1. The summed E-state index contributed by atoms with van der Waals surface area (Å²) in [6.45, 7) is 13.4. The van der Waals surface area contributed by atoms with Crippen molar-refractivity contribution in [3.05, 3.63) is 23.8 Å². The zero-order chi connectivity index (χ0) is 11.6. The van der Waals surface area contributed by atoms with E-state index in [2.05, 4.69) is 11.7 Å². The molecule has 0 fully saturated rings. The van der Waals surface area contributed by atoms with E-state index in [1.54, 1.807) is 0 Å². The maximum absolute atomic E-state index is 5.60. The second-order valence-electron chi connectivity index (χ2n) is 2.22. The molecule has 14 heavy (non-hydrogen) atoms. The molecule has 0 saturated carbocycles. The Bertz CT molecular complexity index is 254. The Balaban J connectivity index is 0. The molecule has 0 aliphatic heterocycles. The highest BCUT2D eigenvalue weighted by Gasteiger charge is 1.93. The van der Waals surface area contributed by atoms with Crippen LogP contribution in [-0.2, 0) is 0 Å². The van der Waals surface area contributed by atoms with Gasteiger partial charge in [0, 0.05) is 0 Å². The van der Waals surface area contributed by atoms with E-state index < -0.39 is 0 Å². The van der Waals surface area contributed by atoms with Crippen molar-refractivity contribution >= 4 is 18.1 Å². The van der Waals surface area contributed by atoms with E-state index in [0.717, 1.165) is 11.3 Å². The van der Waals surface area contributed by atoms with Crippen molar-refractivity contribution in [2.75, 3.05) is 5.73 Å². The van der Waals surface area contributed by atoms with Gasteiger partial charge in [-0.05, 0) is 31.3 Å². The van der Waals surface area contributed by atoms with Crippen LogP contribution in [0.3, 0.4) is 0 Å². The molecular weight excluding hydrogens is 172 g/mol. The first kappa shape index (κ1) is 15.2. The van der Waals surface area contributed by atoms with Crippen LogP contribution >= 0.6 is 0 Å². The lowest BCUT2D eigenvalue weighted by molar-refractivity contribution is 1.44. The summed E-state index contributed by atoms with van der Waals surface area (Å²) in [5, 5.41) is 0. The quantitative estimate of drug-likeness (QED) is 0.533. The van der Waals surface area contributed by atoms with E-state index >= 15 is 0 Å². The molecule has 2 heteroatoms. The van der Waals surface area contributed by atoms with Gasteiger partial charge >= 0.3 is 0 Å². The van der Waals surface area contributed by atoms with Gasteiger partial charge in [-0.2, -0.15) is 0 Å². The summed E-state index contributed by atoms with van der Waals surface area (Å²) in [6.07, 6.45) is 0. The molecule has 80 valence electrons. The van der Waals surface area contributed by atoms with E-state index in [9.17, 15) is 0 Å². The highest BCUT2D eigenvalue weighted by Crippen LogP contribution is 2.21. The molecule has 0 radical (unpaired) electrons. The summed E-state index contributed by atoms with van der Waals surface area (Å²) in [7, 11) is 0. The van der Waals surface area contributed by atoms with Crippen LogP contribution in [0.2, 0.25) is 0 Å². The highest BCUT2D eigenvalue weighted by molar-refractivity contribution is 5.65. The first-order valence-corrected chi connectivity index (χ1v) is 5.07. The van der Waals surface area contributed by atoms with Crippen molar-refractivity contribution in [3.63, 3.8) is 0 Å². The van der Waals surface area contributed by atoms with Crippen LogP contribution < -0.4 is 5.73 Å². The van der Waals surface area contributed by atoms with Crippen molar-refractivity contribution in [1.82, 2.24) is 0 Å². The Kier molecular flexibility index (Phi) is 10.6. The normalized spacial score (nSPS) is 7.50. The van der Waals surface area contributed by atoms with Gasteiger partial charge in [0.25, 0.3) is 0 Å². The van der Waals surface area contributed by atoms with E-state index in [-0.39, 0.29) is 0 Å². The summed E-state index contributed by atoms with van der Waals surface area (Å²) in [5.41, 5.74) is 8.19. The number of aliphatic imine (C=N–C) groups is 1. The fourth-order valence-electron chi connectivity index (χ4n) is 0.818. The van der Waals surface area contributed by atoms with Gasteiger partial charge in [0.2, 0.25) is 0 Å². The lowest BCUT2D eigenvalue weighted by Crippen LogP contribution is -1.85. The Labute approximate surface area is 87.9 Å². The molecule has 2 N–H and O–H groups in total. The second kappa shape index (κ2) is 9.78. The summed E-state index contributed by atoms with van der Waals surface area (Å²) < 4.78 is 0. The summed E-state index contributed by atoms with van der Waals surface area (Å²) >= 11 is 0. The number of rotatable bonds is 1. The minimum atomic E-state index is 0.690. The molecular formula is C12H22N2. The lowest BCUT2D eigenvalue weighted by atomic mass is 10.2. The molecule has 0 atom stereocenters. The predicted molar refractivity (Wildman–Crippen MR) is 67.5 cm³/mol. The predicted octanol–water partition coefficient (Wildman–Crippen LogP) is 3.96. The molecule has 1 aromatic carbocycles. The summed E-state index contributed by atoms with van der Waals surface area (Å²) in [4.78, 5) is 3.74. The van der Waals surface area contributed by atoms with Crippen molar-refractivity contribution < 1.29 is 0 Å². The number of hydrogen-bond donors (Lipinski definition) is 1. The van der Waals surface area contributed by atoms with Crippen LogP contribution in [0.1, 0.15) is 33.3 Å². The molecule has 0 aliphatic carbocycles. The molecule has 2 nitrogen and oxygen atoms in total. The van der Waals surface area contributed by atoms with E-state index in [1.807, 2.05) is 52.8 Å². The van der Waals surface area contributed by atoms with Gasteiger partial charge in [-0.3, -0.25) is 4.99 Å². The molecule has 0 heterocycles. The Morgan fingerprint density at radius 3 is 2.00 bits per heavy atom. The fourth-order valence-corrected chi connectivity index (χ4v) is 0.818. The van der Waals surface area contributed by atoms with Gasteiger partial charge in [0.1, 0.15) is 0 Å². The number of hydrogen-bond acceptors (Lipinski definition) is 2. The lowest BCUT2D eigenvalue weighted by Gasteiger charge is -1.98. The van der Waals surface area contributed by atoms with Gasteiger partial charge in [0.15, 0.2) is 0 Å². The minimum absolute atomic E-state index is 0.690. The van der Waals surface area contributed by atoms with E-state index in [4.69, 9.17) is 5.73 Å². The Morgan fingerprint density at radius 2 is 1.64 bits per heavy atom. The van der Waals surface area contributed by atoms with Crippen molar-refractivity contribution in [2.45, 2.75) is 34.6 Å². The third-order valence-electron chi connectivity index (χ3n) is 1.35. The fraction of sp³-hybridized carbons (Fsp3) is 0.417. The van der Waals surface area contributed by atoms with E-state index in [0.29, 0.717) is 5.69 Å². The zero-order valence-corrected chi connectivity index (χ0v) is 9.96. The number of anilines is 1. The van der Waals surface area contributed by atoms with E-state index in [1.165, 1.54) is 0 Å². The highest BCUT2D eigenvalue weighted by atomic mass is 14.7. The number of nitrogens with two attached hydrogens (primary N) is 1. The molecule has 1 aromatic rings. The number of aryl methyl sites for hydroxylation is 1. The maximum Gasteiger partial charge on any atom is 0.0851 e. The largest absolute Gasteiger partial charge is 0.397 e. The Morgan fingerprint density at radius 1 is 1.14 bits per heavy atom. The summed E-state index contributed by atoms with van der Waals surface area (Å²) in [6, 6.07) is 5.70. The van der Waals surface area contributed by atoms with Crippen LogP contribution in [0.25, 0.3) is 0 Å². The monoisotopic (exact) mass is 194 g/mol. The Hall–Kier alpha value is -1.31. The molecule has 0 amide bonds. The SMILES string of the molecule is C=Nc1ccc(C)cc1N.CC.CC. The molecule has 0 aromatic heterocycles.